The molecule has 0 spiro atoms. The van der Waals surface area contributed by atoms with Gasteiger partial charge in [0.05, 0.1) is 18.6 Å². The second-order valence-corrected chi connectivity index (χ2v) is 6.01. The molecular weight excluding hydrogens is 232 g/mol. The number of likely N-dealkylation sites (tertiary alicyclic amines) is 1. The summed E-state index contributed by atoms with van der Waals surface area (Å²) in [5.74, 6) is -0.711. The molecule has 0 aromatic carbocycles. The maximum absolute atomic E-state index is 11.1. The second-order valence-electron chi connectivity index (χ2n) is 6.01. The molecule has 2 aliphatic rings. The van der Waals surface area contributed by atoms with Crippen LogP contribution < -0.4 is 0 Å². The van der Waals surface area contributed by atoms with Gasteiger partial charge in [0.1, 0.15) is 0 Å². The van der Waals surface area contributed by atoms with E-state index in [2.05, 4.69) is 9.80 Å². The molecule has 2 fully saturated rings. The Labute approximate surface area is 109 Å². The molecule has 0 radical (unpaired) electrons. The van der Waals surface area contributed by atoms with Crippen LogP contribution in [0, 0.1) is 5.41 Å². The molecular formula is C13H24N2O3. The number of morpholine rings is 1. The van der Waals surface area contributed by atoms with Crippen LogP contribution in [-0.2, 0) is 9.53 Å². The molecule has 5 heteroatoms. The van der Waals surface area contributed by atoms with Crippen molar-refractivity contribution >= 4 is 5.97 Å². The van der Waals surface area contributed by atoms with Crippen molar-refractivity contribution in [3.63, 3.8) is 0 Å². The number of carboxylic acids is 1. The summed E-state index contributed by atoms with van der Waals surface area (Å²) in [6.07, 6.45) is 1.15. The standard InChI is InChI=1S/C13H24N2O3/c1-13(2,12(16)17)10-14-4-3-11(9-14)15-5-7-18-8-6-15/h11H,3-10H2,1-2H3,(H,16,17). The number of rotatable bonds is 4. The van der Waals surface area contributed by atoms with Crippen LogP contribution in [0.3, 0.4) is 0 Å². The van der Waals surface area contributed by atoms with Crippen LogP contribution in [-0.4, -0.2) is 72.9 Å². The van der Waals surface area contributed by atoms with E-state index in [4.69, 9.17) is 9.84 Å². The van der Waals surface area contributed by atoms with Crippen LogP contribution in [0.15, 0.2) is 0 Å². The first kappa shape index (κ1) is 13.8. The number of nitrogens with zero attached hydrogens (tertiary/aromatic N) is 2. The number of carbonyl (C=O) groups is 1. The van der Waals surface area contributed by atoms with Gasteiger partial charge in [0.25, 0.3) is 0 Å². The zero-order valence-corrected chi connectivity index (χ0v) is 11.4. The van der Waals surface area contributed by atoms with Crippen LogP contribution in [0.1, 0.15) is 20.3 Å². The van der Waals surface area contributed by atoms with Crippen LogP contribution in [0.25, 0.3) is 0 Å². The highest BCUT2D eigenvalue weighted by Gasteiger charge is 2.34. The molecule has 2 aliphatic heterocycles. The summed E-state index contributed by atoms with van der Waals surface area (Å²) in [4.78, 5) is 15.9. The lowest BCUT2D eigenvalue weighted by Crippen LogP contribution is -2.45. The fourth-order valence-electron chi connectivity index (χ4n) is 2.82. The first-order valence-corrected chi connectivity index (χ1v) is 6.76. The molecule has 104 valence electrons. The monoisotopic (exact) mass is 256 g/mol. The van der Waals surface area contributed by atoms with Crippen molar-refractivity contribution in [2.75, 3.05) is 45.9 Å². The van der Waals surface area contributed by atoms with Gasteiger partial charge < -0.3 is 14.7 Å². The van der Waals surface area contributed by atoms with Crippen molar-refractivity contribution < 1.29 is 14.6 Å². The Hall–Kier alpha value is -0.650. The molecule has 18 heavy (non-hydrogen) atoms. The van der Waals surface area contributed by atoms with Crippen LogP contribution >= 0.6 is 0 Å². The van der Waals surface area contributed by atoms with Gasteiger partial charge in [0.2, 0.25) is 0 Å². The van der Waals surface area contributed by atoms with Gasteiger partial charge in [-0.3, -0.25) is 9.69 Å². The largest absolute Gasteiger partial charge is 0.481 e. The normalized spacial score (nSPS) is 27.6. The summed E-state index contributed by atoms with van der Waals surface area (Å²) in [5, 5.41) is 9.16. The molecule has 1 atom stereocenters. The molecule has 1 N–H and O–H groups in total. The van der Waals surface area contributed by atoms with Gasteiger partial charge in [0.15, 0.2) is 0 Å². The zero-order chi connectivity index (χ0) is 13.2. The number of ether oxygens (including phenoxy) is 1. The second kappa shape index (κ2) is 5.55. The van der Waals surface area contributed by atoms with Crippen molar-refractivity contribution in [2.45, 2.75) is 26.3 Å². The maximum Gasteiger partial charge on any atom is 0.310 e. The third kappa shape index (κ3) is 3.22. The third-order valence-corrected chi connectivity index (χ3v) is 4.01. The number of hydrogen-bond donors (Lipinski definition) is 1. The minimum atomic E-state index is -0.711. The predicted molar refractivity (Wildman–Crippen MR) is 68.7 cm³/mol. The van der Waals surface area contributed by atoms with Gasteiger partial charge in [0, 0.05) is 32.2 Å². The summed E-state index contributed by atoms with van der Waals surface area (Å²) < 4.78 is 5.37. The fourth-order valence-corrected chi connectivity index (χ4v) is 2.82. The summed E-state index contributed by atoms with van der Waals surface area (Å²) in [6.45, 7) is 9.95. The lowest BCUT2D eigenvalue weighted by Gasteiger charge is -2.32. The highest BCUT2D eigenvalue weighted by atomic mass is 16.5. The Morgan fingerprint density at radius 2 is 2.00 bits per heavy atom. The Balaban J connectivity index is 1.82. The highest BCUT2D eigenvalue weighted by molar-refractivity contribution is 5.73. The fraction of sp³-hybridized carbons (Fsp3) is 0.923. The topological polar surface area (TPSA) is 53.0 Å². The van der Waals surface area contributed by atoms with Crippen molar-refractivity contribution in [1.82, 2.24) is 9.80 Å². The summed E-state index contributed by atoms with van der Waals surface area (Å²) in [5.41, 5.74) is -0.653. The molecule has 0 aromatic rings. The highest BCUT2D eigenvalue weighted by Crippen LogP contribution is 2.23. The molecule has 0 aromatic heterocycles. The quantitative estimate of drug-likeness (QED) is 0.794. The van der Waals surface area contributed by atoms with E-state index in [1.165, 1.54) is 0 Å². The van der Waals surface area contributed by atoms with Crippen molar-refractivity contribution in [1.29, 1.82) is 0 Å². The van der Waals surface area contributed by atoms with Gasteiger partial charge in [-0.15, -0.1) is 0 Å². The van der Waals surface area contributed by atoms with Gasteiger partial charge >= 0.3 is 5.97 Å². The van der Waals surface area contributed by atoms with Crippen LogP contribution in [0.4, 0.5) is 0 Å². The van der Waals surface area contributed by atoms with E-state index in [9.17, 15) is 4.79 Å². The van der Waals surface area contributed by atoms with Crippen molar-refractivity contribution in [2.24, 2.45) is 5.41 Å². The smallest absolute Gasteiger partial charge is 0.310 e. The Morgan fingerprint density at radius 1 is 1.33 bits per heavy atom. The Kier molecular flexibility index (Phi) is 4.25. The van der Waals surface area contributed by atoms with E-state index < -0.39 is 11.4 Å². The first-order valence-electron chi connectivity index (χ1n) is 6.76. The van der Waals surface area contributed by atoms with Gasteiger partial charge in [-0.05, 0) is 26.8 Å². The van der Waals surface area contributed by atoms with Gasteiger partial charge in [-0.1, -0.05) is 0 Å². The van der Waals surface area contributed by atoms with E-state index in [0.717, 1.165) is 45.8 Å². The minimum Gasteiger partial charge on any atom is -0.481 e. The Morgan fingerprint density at radius 3 is 2.61 bits per heavy atom. The van der Waals surface area contributed by atoms with Crippen molar-refractivity contribution in [3.05, 3.63) is 0 Å². The third-order valence-electron chi connectivity index (χ3n) is 4.01. The molecule has 0 aliphatic carbocycles. The zero-order valence-electron chi connectivity index (χ0n) is 11.4. The van der Waals surface area contributed by atoms with Gasteiger partial charge in [-0.25, -0.2) is 0 Å². The van der Waals surface area contributed by atoms with Crippen LogP contribution in [0.5, 0.6) is 0 Å². The molecule has 1 unspecified atom stereocenters. The summed E-state index contributed by atoms with van der Waals surface area (Å²) in [7, 11) is 0. The number of carboxylic acid groups (broad SMARTS) is 1. The number of hydrogen-bond acceptors (Lipinski definition) is 4. The number of aliphatic carboxylic acids is 1. The van der Waals surface area contributed by atoms with Crippen LogP contribution in [0.2, 0.25) is 0 Å². The summed E-state index contributed by atoms with van der Waals surface area (Å²) in [6, 6.07) is 0.582. The van der Waals surface area contributed by atoms with Crippen molar-refractivity contribution in [3.8, 4) is 0 Å². The lowest BCUT2D eigenvalue weighted by molar-refractivity contribution is -0.147. The molecule has 0 bridgehead atoms. The molecule has 2 heterocycles. The van der Waals surface area contributed by atoms with Gasteiger partial charge in [-0.2, -0.15) is 0 Å². The maximum atomic E-state index is 11.1. The SMILES string of the molecule is CC(C)(CN1CCC(N2CCOCC2)C1)C(=O)O. The van der Waals surface area contributed by atoms with E-state index in [1.807, 2.05) is 0 Å². The van der Waals surface area contributed by atoms with E-state index in [0.29, 0.717) is 12.6 Å². The average Bonchev–Trinajstić information content (AvgIpc) is 2.78. The predicted octanol–water partition coefficient (Wildman–Crippen LogP) is 0.504. The molecule has 2 saturated heterocycles. The molecule has 2 rings (SSSR count). The molecule has 5 nitrogen and oxygen atoms in total. The molecule has 0 amide bonds. The average molecular weight is 256 g/mol. The lowest BCUT2D eigenvalue weighted by atomic mass is 9.93. The first-order chi connectivity index (χ1) is 8.49. The minimum absolute atomic E-state index is 0.582. The molecule has 0 saturated carbocycles. The van der Waals surface area contributed by atoms with E-state index >= 15 is 0 Å². The summed E-state index contributed by atoms with van der Waals surface area (Å²) >= 11 is 0. The Bertz CT molecular complexity index is 301. The van der Waals surface area contributed by atoms with E-state index in [-0.39, 0.29) is 0 Å². The van der Waals surface area contributed by atoms with E-state index in [1.54, 1.807) is 13.8 Å².